The van der Waals surface area contributed by atoms with Gasteiger partial charge in [0, 0.05) is 45.1 Å². The fraction of sp³-hybridized carbons (Fsp3) is 0.579. The van der Waals surface area contributed by atoms with Crippen molar-refractivity contribution < 1.29 is 14.2 Å². The summed E-state index contributed by atoms with van der Waals surface area (Å²) in [7, 11) is 0. The summed E-state index contributed by atoms with van der Waals surface area (Å²) in [5.74, 6) is 1.65. The Kier molecular flexibility index (Phi) is 9.47. The van der Waals surface area contributed by atoms with Gasteiger partial charge in [-0.1, -0.05) is 0 Å². The maximum Gasteiger partial charge on any atom is 0.232 e. The number of ether oxygens (including phenoxy) is 3. The zero-order valence-corrected chi connectivity index (χ0v) is 17.1. The lowest BCUT2D eigenvalue weighted by molar-refractivity contribution is 0.0547. The molecule has 1 aliphatic rings. The zero-order chi connectivity index (χ0) is 20.9. The highest BCUT2D eigenvalue weighted by Crippen LogP contribution is 2.15. The number of hydrogen-bond donors (Lipinski definition) is 3. The molecule has 1 saturated heterocycles. The number of pyridine rings is 1. The molecule has 2 aromatic heterocycles. The van der Waals surface area contributed by atoms with Gasteiger partial charge in [-0.3, -0.25) is 4.98 Å². The minimum Gasteiger partial charge on any atom is -0.378 e. The molecule has 164 valence electrons. The highest BCUT2D eigenvalue weighted by atomic mass is 16.5. The minimum absolute atomic E-state index is 0.506. The van der Waals surface area contributed by atoms with Crippen molar-refractivity contribution in [3.8, 4) is 0 Å². The van der Waals surface area contributed by atoms with Crippen LogP contribution in [0, 0.1) is 0 Å². The molecule has 11 nitrogen and oxygen atoms in total. The van der Waals surface area contributed by atoms with Crippen LogP contribution in [0.5, 0.6) is 0 Å². The highest BCUT2D eigenvalue weighted by molar-refractivity contribution is 5.44. The maximum atomic E-state index is 5.54. The third-order valence-electron chi connectivity index (χ3n) is 4.28. The smallest absolute Gasteiger partial charge is 0.232 e. The first-order valence-electron chi connectivity index (χ1n) is 10.2. The Labute approximate surface area is 176 Å². The van der Waals surface area contributed by atoms with Gasteiger partial charge in [-0.05, 0) is 17.7 Å². The lowest BCUT2D eigenvalue weighted by Gasteiger charge is -2.27. The molecule has 3 heterocycles. The summed E-state index contributed by atoms with van der Waals surface area (Å²) < 4.78 is 16.2. The highest BCUT2D eigenvalue weighted by Gasteiger charge is 2.16. The van der Waals surface area contributed by atoms with Gasteiger partial charge in [0.05, 0.1) is 39.6 Å². The maximum absolute atomic E-state index is 5.54. The summed E-state index contributed by atoms with van der Waals surface area (Å²) in [6.45, 7) is 6.64. The van der Waals surface area contributed by atoms with E-state index in [-0.39, 0.29) is 0 Å². The van der Waals surface area contributed by atoms with Gasteiger partial charge < -0.3 is 35.5 Å². The topological polar surface area (TPSA) is 133 Å². The fourth-order valence-electron chi connectivity index (χ4n) is 2.75. The number of nitrogens with one attached hydrogen (secondary N) is 2. The van der Waals surface area contributed by atoms with Crippen LogP contribution in [0.1, 0.15) is 5.56 Å². The second-order valence-corrected chi connectivity index (χ2v) is 6.53. The predicted octanol–water partition coefficient (Wildman–Crippen LogP) is 0.119. The van der Waals surface area contributed by atoms with Crippen molar-refractivity contribution in [2.24, 2.45) is 5.73 Å². The zero-order valence-electron chi connectivity index (χ0n) is 17.1. The standard InChI is InChI=1S/C19H30N8O3/c20-3-9-28-13-14-29-10-6-22-17-24-18(23-15-16-1-4-21-5-2-16)26-19(25-17)27-7-11-30-12-8-27/h1-2,4-5H,3,6-15,20H2,(H2,22,23,24,25,26). The molecule has 30 heavy (non-hydrogen) atoms. The number of hydrogen-bond acceptors (Lipinski definition) is 11. The van der Waals surface area contributed by atoms with Crippen molar-refractivity contribution in [3.05, 3.63) is 30.1 Å². The number of anilines is 3. The van der Waals surface area contributed by atoms with Gasteiger partial charge in [0.15, 0.2) is 0 Å². The molecule has 0 aromatic carbocycles. The van der Waals surface area contributed by atoms with Crippen LogP contribution < -0.4 is 21.3 Å². The normalized spacial score (nSPS) is 14.0. The van der Waals surface area contributed by atoms with Gasteiger partial charge in [-0.15, -0.1) is 0 Å². The van der Waals surface area contributed by atoms with E-state index in [2.05, 4.69) is 35.5 Å². The fourth-order valence-corrected chi connectivity index (χ4v) is 2.75. The van der Waals surface area contributed by atoms with Gasteiger partial charge in [0.2, 0.25) is 17.8 Å². The monoisotopic (exact) mass is 418 g/mol. The summed E-state index contributed by atoms with van der Waals surface area (Å²) in [6.07, 6.45) is 3.52. The minimum atomic E-state index is 0.506. The third-order valence-corrected chi connectivity index (χ3v) is 4.28. The second-order valence-electron chi connectivity index (χ2n) is 6.53. The SMILES string of the molecule is NCCOCCOCCNc1nc(NCc2ccncc2)nc(N2CCOCC2)n1. The molecular weight excluding hydrogens is 388 g/mol. The number of nitrogens with zero attached hydrogens (tertiary/aromatic N) is 5. The first kappa shape index (κ1) is 22.1. The first-order valence-corrected chi connectivity index (χ1v) is 10.2. The Balaban J connectivity index is 1.55. The second kappa shape index (κ2) is 12.9. The molecule has 0 amide bonds. The van der Waals surface area contributed by atoms with E-state index in [1.165, 1.54) is 0 Å². The van der Waals surface area contributed by atoms with Crippen molar-refractivity contribution >= 4 is 17.8 Å². The van der Waals surface area contributed by atoms with Crippen molar-refractivity contribution in [2.75, 3.05) is 81.4 Å². The quantitative estimate of drug-likeness (QED) is 0.383. The van der Waals surface area contributed by atoms with E-state index in [1.807, 2.05) is 12.1 Å². The van der Waals surface area contributed by atoms with Crippen molar-refractivity contribution in [3.63, 3.8) is 0 Å². The van der Waals surface area contributed by atoms with Gasteiger partial charge in [0.25, 0.3) is 0 Å². The van der Waals surface area contributed by atoms with Crippen LogP contribution in [0.25, 0.3) is 0 Å². The van der Waals surface area contributed by atoms with E-state index >= 15 is 0 Å². The number of aromatic nitrogens is 4. The van der Waals surface area contributed by atoms with E-state index in [4.69, 9.17) is 19.9 Å². The van der Waals surface area contributed by atoms with E-state index in [9.17, 15) is 0 Å². The van der Waals surface area contributed by atoms with Crippen LogP contribution in [0.3, 0.4) is 0 Å². The molecule has 4 N–H and O–H groups in total. The molecule has 11 heteroatoms. The Morgan fingerprint density at radius 1 is 0.933 bits per heavy atom. The molecule has 0 radical (unpaired) electrons. The molecule has 0 atom stereocenters. The van der Waals surface area contributed by atoms with Crippen LogP contribution in [0.15, 0.2) is 24.5 Å². The first-order chi connectivity index (χ1) is 14.8. The predicted molar refractivity (Wildman–Crippen MR) is 114 cm³/mol. The van der Waals surface area contributed by atoms with Crippen LogP contribution in [-0.4, -0.2) is 85.8 Å². The lowest BCUT2D eigenvalue weighted by atomic mass is 10.3. The summed E-state index contributed by atoms with van der Waals surface area (Å²) in [4.78, 5) is 19.8. The molecule has 0 unspecified atom stereocenters. The van der Waals surface area contributed by atoms with Crippen molar-refractivity contribution in [2.45, 2.75) is 6.54 Å². The van der Waals surface area contributed by atoms with Gasteiger partial charge in [-0.25, -0.2) is 0 Å². The van der Waals surface area contributed by atoms with Crippen LogP contribution >= 0.6 is 0 Å². The molecule has 0 bridgehead atoms. The van der Waals surface area contributed by atoms with E-state index in [1.54, 1.807) is 12.4 Å². The average molecular weight is 419 g/mol. The average Bonchev–Trinajstić information content (AvgIpc) is 2.80. The van der Waals surface area contributed by atoms with Crippen molar-refractivity contribution in [1.29, 1.82) is 0 Å². The number of morpholine rings is 1. The summed E-state index contributed by atoms with van der Waals surface area (Å²) in [6, 6.07) is 3.90. The molecule has 0 spiro atoms. The molecule has 0 aliphatic carbocycles. The van der Waals surface area contributed by atoms with Crippen LogP contribution in [0.2, 0.25) is 0 Å². The van der Waals surface area contributed by atoms with Gasteiger partial charge >= 0.3 is 0 Å². The summed E-state index contributed by atoms with van der Waals surface area (Å²) >= 11 is 0. The Morgan fingerprint density at radius 3 is 2.37 bits per heavy atom. The van der Waals surface area contributed by atoms with Crippen LogP contribution in [0.4, 0.5) is 17.8 Å². The number of rotatable bonds is 13. The largest absolute Gasteiger partial charge is 0.378 e. The molecular formula is C19H30N8O3. The van der Waals surface area contributed by atoms with Crippen molar-refractivity contribution in [1.82, 2.24) is 19.9 Å². The van der Waals surface area contributed by atoms with E-state index in [0.717, 1.165) is 18.7 Å². The molecule has 2 aromatic rings. The molecule has 1 aliphatic heterocycles. The Hall–Kier alpha value is -2.60. The Morgan fingerprint density at radius 2 is 1.63 bits per heavy atom. The number of nitrogens with two attached hydrogens (primary N) is 1. The van der Waals surface area contributed by atoms with E-state index in [0.29, 0.717) is 77.1 Å². The lowest BCUT2D eigenvalue weighted by Crippen LogP contribution is -2.37. The third kappa shape index (κ3) is 7.67. The molecule has 3 rings (SSSR count). The Bertz CT molecular complexity index is 731. The van der Waals surface area contributed by atoms with Gasteiger partial charge in [-0.2, -0.15) is 15.0 Å². The molecule has 0 saturated carbocycles. The summed E-state index contributed by atoms with van der Waals surface area (Å²) in [5, 5.41) is 6.47. The van der Waals surface area contributed by atoms with E-state index < -0.39 is 0 Å². The molecule has 1 fully saturated rings. The summed E-state index contributed by atoms with van der Waals surface area (Å²) in [5.41, 5.74) is 6.47. The van der Waals surface area contributed by atoms with Crippen LogP contribution in [-0.2, 0) is 20.8 Å². The van der Waals surface area contributed by atoms with Gasteiger partial charge in [0.1, 0.15) is 0 Å².